The molecule has 0 aliphatic rings. The van der Waals surface area contributed by atoms with Crippen LogP contribution in [-0.2, 0) is 0 Å². The maximum atomic E-state index is 10.5. The van der Waals surface area contributed by atoms with Crippen LogP contribution in [0.2, 0.25) is 0 Å². The third-order valence-electron chi connectivity index (χ3n) is 2.92. The maximum absolute atomic E-state index is 10.5. The Labute approximate surface area is 120 Å². The molecule has 0 atom stereocenters. The van der Waals surface area contributed by atoms with Crippen molar-refractivity contribution in [3.63, 3.8) is 0 Å². The molecule has 0 amide bonds. The predicted molar refractivity (Wildman–Crippen MR) is 75.0 cm³/mol. The van der Waals surface area contributed by atoms with Crippen LogP contribution in [0.15, 0.2) is 30.0 Å². The fourth-order valence-corrected chi connectivity index (χ4v) is 2.75. The molecule has 0 radical (unpaired) electrons. The van der Waals surface area contributed by atoms with E-state index in [9.17, 15) is 4.79 Å². The molecular weight excluding hydrogens is 294 g/mol. The second kappa shape index (κ2) is 4.28. The Bertz CT molecular complexity index is 970. The lowest BCUT2D eigenvalue weighted by atomic mass is 10.3. The predicted octanol–water partition coefficient (Wildman–Crippen LogP) is 2.42. The minimum absolute atomic E-state index is 0.127. The van der Waals surface area contributed by atoms with Crippen molar-refractivity contribution in [3.05, 3.63) is 30.0 Å². The molecule has 0 aliphatic carbocycles. The summed E-state index contributed by atoms with van der Waals surface area (Å²) in [5.41, 5.74) is 4.18. The van der Waals surface area contributed by atoms with Gasteiger partial charge in [-0.25, -0.2) is 19.4 Å². The quantitative estimate of drug-likeness (QED) is 0.551. The average Bonchev–Trinajstić information content (AvgIpc) is 3.15. The number of hydrogen-bond donors (Lipinski definition) is 2. The van der Waals surface area contributed by atoms with Crippen molar-refractivity contribution >= 4 is 38.7 Å². The standard InChI is InChI=1S/C12H7N5O3S/c18-12(19)20-6-3-14-17(4-6)11-15-7-1-2-8-10(9(7)16-11)13-5-21-8/h1-5H,(H,15,16)(H,18,19). The number of thiazole rings is 1. The zero-order chi connectivity index (χ0) is 14.4. The van der Waals surface area contributed by atoms with Crippen molar-refractivity contribution in [2.45, 2.75) is 0 Å². The molecule has 4 rings (SSSR count). The Hall–Kier alpha value is -2.94. The molecule has 9 heteroatoms. The third kappa shape index (κ3) is 1.91. The number of carboxylic acid groups (broad SMARTS) is 1. The van der Waals surface area contributed by atoms with E-state index in [0.29, 0.717) is 5.95 Å². The lowest BCUT2D eigenvalue weighted by Crippen LogP contribution is -2.02. The minimum Gasteiger partial charge on any atom is -0.449 e. The highest BCUT2D eigenvalue weighted by atomic mass is 32.1. The van der Waals surface area contributed by atoms with Crippen molar-refractivity contribution in [1.82, 2.24) is 24.7 Å². The second-order valence-corrected chi connectivity index (χ2v) is 5.10. The molecule has 0 unspecified atom stereocenters. The molecule has 3 heterocycles. The van der Waals surface area contributed by atoms with Crippen LogP contribution in [-0.4, -0.2) is 36.0 Å². The van der Waals surface area contributed by atoms with Crippen molar-refractivity contribution < 1.29 is 14.6 Å². The van der Waals surface area contributed by atoms with E-state index < -0.39 is 6.16 Å². The Balaban J connectivity index is 1.82. The summed E-state index contributed by atoms with van der Waals surface area (Å²) >= 11 is 1.55. The van der Waals surface area contributed by atoms with E-state index >= 15 is 0 Å². The highest BCUT2D eigenvalue weighted by Crippen LogP contribution is 2.26. The summed E-state index contributed by atoms with van der Waals surface area (Å²) in [5.74, 6) is 0.590. The van der Waals surface area contributed by atoms with Gasteiger partial charge in [-0.2, -0.15) is 5.10 Å². The number of benzene rings is 1. The monoisotopic (exact) mass is 301 g/mol. The molecule has 0 aliphatic heterocycles. The van der Waals surface area contributed by atoms with Gasteiger partial charge in [-0.05, 0) is 12.1 Å². The largest absolute Gasteiger partial charge is 0.511 e. The zero-order valence-electron chi connectivity index (χ0n) is 10.3. The van der Waals surface area contributed by atoms with Gasteiger partial charge in [0.25, 0.3) is 0 Å². The lowest BCUT2D eigenvalue weighted by Gasteiger charge is -1.93. The van der Waals surface area contributed by atoms with Gasteiger partial charge in [-0.1, -0.05) is 0 Å². The molecule has 104 valence electrons. The first kappa shape index (κ1) is 11.9. The van der Waals surface area contributed by atoms with E-state index in [1.807, 2.05) is 12.1 Å². The molecule has 1 aromatic carbocycles. The number of aromatic amines is 1. The van der Waals surface area contributed by atoms with Gasteiger partial charge in [0.2, 0.25) is 5.95 Å². The number of hydrogen-bond acceptors (Lipinski definition) is 6. The number of nitrogens with one attached hydrogen (secondary N) is 1. The van der Waals surface area contributed by atoms with Crippen molar-refractivity contribution in [2.75, 3.05) is 0 Å². The molecule has 0 spiro atoms. The minimum atomic E-state index is -1.39. The molecule has 4 aromatic rings. The zero-order valence-corrected chi connectivity index (χ0v) is 11.2. The van der Waals surface area contributed by atoms with Crippen LogP contribution in [0.5, 0.6) is 5.75 Å². The maximum Gasteiger partial charge on any atom is 0.511 e. The molecule has 0 bridgehead atoms. The van der Waals surface area contributed by atoms with Gasteiger partial charge < -0.3 is 14.8 Å². The van der Waals surface area contributed by atoms with Crippen LogP contribution in [0.1, 0.15) is 0 Å². The number of nitrogens with zero attached hydrogens (tertiary/aromatic N) is 4. The van der Waals surface area contributed by atoms with Gasteiger partial charge in [-0.15, -0.1) is 11.3 Å². The number of fused-ring (bicyclic) bond motifs is 3. The van der Waals surface area contributed by atoms with E-state index in [-0.39, 0.29) is 5.75 Å². The van der Waals surface area contributed by atoms with Crippen LogP contribution in [0.25, 0.3) is 27.2 Å². The second-order valence-electron chi connectivity index (χ2n) is 4.21. The summed E-state index contributed by atoms with van der Waals surface area (Å²) in [7, 11) is 0. The highest BCUT2D eigenvalue weighted by Gasteiger charge is 2.12. The molecule has 0 saturated heterocycles. The summed E-state index contributed by atoms with van der Waals surface area (Å²) < 4.78 is 6.99. The number of ether oxygens (including phenoxy) is 1. The molecule has 3 aromatic heterocycles. The third-order valence-corrected chi connectivity index (χ3v) is 3.72. The molecule has 0 saturated carbocycles. The van der Waals surface area contributed by atoms with E-state index in [1.165, 1.54) is 17.1 Å². The van der Waals surface area contributed by atoms with Crippen molar-refractivity contribution in [2.24, 2.45) is 0 Å². The molecule has 0 fully saturated rings. The summed E-state index contributed by atoms with van der Waals surface area (Å²) in [6, 6.07) is 3.89. The van der Waals surface area contributed by atoms with Gasteiger partial charge in [0.15, 0.2) is 5.75 Å². The van der Waals surface area contributed by atoms with E-state index in [4.69, 9.17) is 5.11 Å². The molecule has 21 heavy (non-hydrogen) atoms. The van der Waals surface area contributed by atoms with E-state index in [2.05, 4.69) is 24.8 Å². The van der Waals surface area contributed by atoms with Gasteiger partial charge in [0.05, 0.1) is 28.1 Å². The number of aromatic nitrogens is 5. The molecule has 2 N–H and O–H groups in total. The smallest absolute Gasteiger partial charge is 0.449 e. The normalized spacial score (nSPS) is 11.2. The van der Waals surface area contributed by atoms with Crippen LogP contribution in [0.3, 0.4) is 0 Å². The van der Waals surface area contributed by atoms with Gasteiger partial charge in [0, 0.05) is 0 Å². The first-order valence-corrected chi connectivity index (χ1v) is 6.76. The summed E-state index contributed by atoms with van der Waals surface area (Å²) in [6.45, 7) is 0. The van der Waals surface area contributed by atoms with Crippen LogP contribution in [0.4, 0.5) is 4.79 Å². The van der Waals surface area contributed by atoms with Gasteiger partial charge in [0.1, 0.15) is 11.0 Å². The Morgan fingerprint density at radius 1 is 1.38 bits per heavy atom. The van der Waals surface area contributed by atoms with E-state index in [0.717, 1.165) is 21.3 Å². The van der Waals surface area contributed by atoms with Gasteiger partial charge in [-0.3, -0.25) is 0 Å². The highest BCUT2D eigenvalue weighted by molar-refractivity contribution is 7.16. The first-order valence-electron chi connectivity index (χ1n) is 5.88. The van der Waals surface area contributed by atoms with E-state index in [1.54, 1.807) is 16.8 Å². The Kier molecular flexibility index (Phi) is 2.42. The van der Waals surface area contributed by atoms with Crippen molar-refractivity contribution in [3.8, 4) is 11.7 Å². The topological polar surface area (TPSA) is 106 Å². The average molecular weight is 301 g/mol. The fraction of sp³-hybridized carbons (Fsp3) is 0. The number of H-pyrrole nitrogens is 1. The summed E-state index contributed by atoms with van der Waals surface area (Å²) in [4.78, 5) is 22.4. The van der Waals surface area contributed by atoms with Crippen LogP contribution >= 0.6 is 11.3 Å². The SMILES string of the molecule is O=C(O)Oc1cnn(-c2nc3c(ccc4scnc43)[nH]2)c1. The summed E-state index contributed by atoms with van der Waals surface area (Å²) in [5, 5.41) is 12.6. The summed E-state index contributed by atoms with van der Waals surface area (Å²) in [6.07, 6.45) is 1.35. The number of imidazole rings is 1. The van der Waals surface area contributed by atoms with Crippen molar-refractivity contribution in [1.29, 1.82) is 0 Å². The number of carbonyl (C=O) groups is 1. The fourth-order valence-electron chi connectivity index (χ4n) is 2.07. The first-order chi connectivity index (χ1) is 10.2. The van der Waals surface area contributed by atoms with Gasteiger partial charge >= 0.3 is 6.16 Å². The Morgan fingerprint density at radius 2 is 2.29 bits per heavy atom. The van der Waals surface area contributed by atoms with Crippen LogP contribution < -0.4 is 4.74 Å². The lowest BCUT2D eigenvalue weighted by molar-refractivity contribution is 0.144. The van der Waals surface area contributed by atoms with Crippen LogP contribution in [0, 0.1) is 0 Å². The molecule has 8 nitrogen and oxygen atoms in total. The number of rotatable bonds is 2. The Morgan fingerprint density at radius 3 is 3.14 bits per heavy atom. The molecular formula is C12H7N5O3S.